The molecule has 0 spiro atoms. The second-order valence-corrected chi connectivity index (χ2v) is 10.7. The Bertz CT molecular complexity index is 670. The van der Waals surface area contributed by atoms with Crippen molar-refractivity contribution in [3.63, 3.8) is 0 Å². The van der Waals surface area contributed by atoms with Crippen molar-refractivity contribution in [3.8, 4) is 0 Å². The first-order valence-electron chi connectivity index (χ1n) is 11.9. The molecule has 0 N–H and O–H groups in total. The van der Waals surface area contributed by atoms with E-state index in [-0.39, 0.29) is 0 Å². The standard InChI is InChI=1S/C26H38O/c1-4-17-9-10-18(17)8-6-5-7-15(2)21-12-20-13-22(21)26-24-19(11-16(3)27)14-23(24)25(20)26/h19-26H,2,4-14H2,1,3H3. The van der Waals surface area contributed by atoms with Crippen molar-refractivity contribution < 1.29 is 4.79 Å². The third kappa shape index (κ3) is 2.82. The van der Waals surface area contributed by atoms with Crippen LogP contribution < -0.4 is 0 Å². The smallest absolute Gasteiger partial charge is 0.130 e. The summed E-state index contributed by atoms with van der Waals surface area (Å²) in [7, 11) is 0. The third-order valence-corrected chi connectivity index (χ3v) is 9.64. The minimum absolute atomic E-state index is 0.416. The van der Waals surface area contributed by atoms with E-state index in [0.29, 0.717) is 5.78 Å². The molecule has 5 rings (SSSR count). The van der Waals surface area contributed by atoms with Gasteiger partial charge < -0.3 is 4.79 Å². The highest BCUT2D eigenvalue weighted by Gasteiger charge is 2.70. The van der Waals surface area contributed by atoms with Gasteiger partial charge in [0.25, 0.3) is 0 Å². The lowest BCUT2D eigenvalue weighted by atomic mass is 9.38. The van der Waals surface area contributed by atoms with Gasteiger partial charge in [0, 0.05) is 6.42 Å². The zero-order valence-electron chi connectivity index (χ0n) is 17.5. The Labute approximate surface area is 166 Å². The van der Waals surface area contributed by atoms with E-state index in [0.717, 1.165) is 53.8 Å². The average Bonchev–Trinajstić information content (AvgIpc) is 3.12. The molecule has 5 aliphatic carbocycles. The number of rotatable bonds is 9. The molecule has 0 saturated heterocycles. The van der Waals surface area contributed by atoms with E-state index in [1.54, 1.807) is 23.6 Å². The Kier molecular flexibility index (Phi) is 4.64. The highest BCUT2D eigenvalue weighted by molar-refractivity contribution is 5.76. The normalized spacial score (nSPS) is 43.5. The summed E-state index contributed by atoms with van der Waals surface area (Å²) in [6, 6.07) is 0. The Balaban J connectivity index is 1.12. The van der Waals surface area contributed by atoms with Gasteiger partial charge in [-0.25, -0.2) is 0 Å². The van der Waals surface area contributed by atoms with Crippen LogP contribution in [0.2, 0.25) is 0 Å². The van der Waals surface area contributed by atoms with E-state index in [1.807, 2.05) is 0 Å². The molecule has 2 bridgehead atoms. The van der Waals surface area contributed by atoms with Crippen LogP contribution in [0.3, 0.4) is 0 Å². The number of allylic oxidation sites excluding steroid dienone is 3. The molecule has 27 heavy (non-hydrogen) atoms. The third-order valence-electron chi connectivity index (χ3n) is 9.64. The lowest BCUT2D eigenvalue weighted by Crippen LogP contribution is -2.61. The van der Waals surface area contributed by atoms with Crippen LogP contribution in [0.1, 0.15) is 84.5 Å². The summed E-state index contributed by atoms with van der Waals surface area (Å²) in [6.45, 7) is 8.69. The van der Waals surface area contributed by atoms with Crippen LogP contribution in [-0.4, -0.2) is 5.78 Å². The minimum atomic E-state index is 0.416. The number of ketones is 1. The molecule has 4 saturated carbocycles. The summed E-state index contributed by atoms with van der Waals surface area (Å²) >= 11 is 0. The number of hydrogen-bond donors (Lipinski definition) is 0. The van der Waals surface area contributed by atoms with Crippen molar-refractivity contribution in [2.45, 2.75) is 84.5 Å². The van der Waals surface area contributed by atoms with Gasteiger partial charge in [0.15, 0.2) is 0 Å². The molecule has 148 valence electrons. The Hall–Kier alpha value is -0.850. The number of carbonyl (C=O) groups excluding carboxylic acids is 1. The Morgan fingerprint density at radius 1 is 1.00 bits per heavy atom. The Morgan fingerprint density at radius 2 is 1.81 bits per heavy atom. The SMILES string of the molecule is C=C(CCCCC1=C(CC)CC1)C1CC2CC1C1C3C(CC(C)=O)CC3C21. The first-order chi connectivity index (χ1) is 13.1. The van der Waals surface area contributed by atoms with Crippen LogP contribution in [0.15, 0.2) is 23.3 Å². The van der Waals surface area contributed by atoms with E-state index in [4.69, 9.17) is 0 Å². The number of Topliss-reactive ketones (excluding diaryl/α,β-unsaturated/α-hetero) is 1. The molecule has 1 heteroatoms. The van der Waals surface area contributed by atoms with Crippen LogP contribution >= 0.6 is 0 Å². The van der Waals surface area contributed by atoms with E-state index >= 15 is 0 Å². The van der Waals surface area contributed by atoms with Crippen LogP contribution in [0.25, 0.3) is 0 Å². The maximum Gasteiger partial charge on any atom is 0.130 e. The lowest BCUT2D eigenvalue weighted by Gasteiger charge is -2.66. The predicted octanol–water partition coefficient (Wildman–Crippen LogP) is 6.74. The molecule has 0 heterocycles. The van der Waals surface area contributed by atoms with E-state index < -0.39 is 0 Å². The summed E-state index contributed by atoms with van der Waals surface area (Å²) < 4.78 is 0. The zero-order valence-corrected chi connectivity index (χ0v) is 17.5. The number of fused-ring (bicyclic) bond motifs is 8. The molecule has 0 aromatic carbocycles. The fraction of sp³-hybridized carbons (Fsp3) is 0.808. The molecule has 8 unspecified atom stereocenters. The summed E-state index contributed by atoms with van der Waals surface area (Å²) in [5.74, 6) is 7.87. The Morgan fingerprint density at radius 3 is 2.52 bits per heavy atom. The van der Waals surface area contributed by atoms with E-state index in [9.17, 15) is 4.79 Å². The summed E-state index contributed by atoms with van der Waals surface area (Å²) in [4.78, 5) is 11.6. The average molecular weight is 367 g/mol. The molecule has 8 atom stereocenters. The van der Waals surface area contributed by atoms with Crippen LogP contribution in [0, 0.1) is 47.3 Å². The van der Waals surface area contributed by atoms with Gasteiger partial charge in [0.1, 0.15) is 5.78 Å². The summed E-state index contributed by atoms with van der Waals surface area (Å²) in [5.41, 5.74) is 5.13. The molecule has 0 aromatic rings. The lowest BCUT2D eigenvalue weighted by molar-refractivity contribution is -0.183. The largest absolute Gasteiger partial charge is 0.300 e. The molecule has 0 aromatic heterocycles. The van der Waals surface area contributed by atoms with Gasteiger partial charge in [0.05, 0.1) is 0 Å². The fourth-order valence-electron chi connectivity index (χ4n) is 8.45. The number of unbranched alkanes of at least 4 members (excludes halogenated alkanes) is 1. The first-order valence-corrected chi connectivity index (χ1v) is 11.9. The highest BCUT2D eigenvalue weighted by Crippen LogP contribution is 2.75. The molecule has 0 amide bonds. The maximum atomic E-state index is 11.6. The maximum absolute atomic E-state index is 11.6. The summed E-state index contributed by atoms with van der Waals surface area (Å²) in [6.07, 6.45) is 14.6. The van der Waals surface area contributed by atoms with Crippen LogP contribution in [-0.2, 0) is 4.79 Å². The van der Waals surface area contributed by atoms with Crippen molar-refractivity contribution >= 4 is 5.78 Å². The van der Waals surface area contributed by atoms with Gasteiger partial charge >= 0.3 is 0 Å². The zero-order chi connectivity index (χ0) is 18.7. The van der Waals surface area contributed by atoms with Gasteiger partial charge in [-0.05, 0) is 118 Å². The minimum Gasteiger partial charge on any atom is -0.300 e. The molecule has 1 nitrogen and oxygen atoms in total. The second kappa shape index (κ2) is 6.89. The second-order valence-electron chi connectivity index (χ2n) is 10.7. The molecular weight excluding hydrogens is 328 g/mol. The molecule has 5 aliphatic rings. The van der Waals surface area contributed by atoms with Gasteiger partial charge in [-0.2, -0.15) is 0 Å². The summed E-state index contributed by atoms with van der Waals surface area (Å²) in [5, 5.41) is 0. The topological polar surface area (TPSA) is 17.1 Å². The van der Waals surface area contributed by atoms with Crippen LogP contribution in [0.5, 0.6) is 0 Å². The first kappa shape index (κ1) is 18.2. The number of hydrogen-bond acceptors (Lipinski definition) is 1. The molecular formula is C26H38O. The van der Waals surface area contributed by atoms with Crippen molar-refractivity contribution in [2.75, 3.05) is 0 Å². The van der Waals surface area contributed by atoms with Gasteiger partial charge in [-0.3, -0.25) is 0 Å². The predicted molar refractivity (Wildman–Crippen MR) is 111 cm³/mol. The van der Waals surface area contributed by atoms with E-state index in [2.05, 4.69) is 13.5 Å². The van der Waals surface area contributed by atoms with Gasteiger partial charge in [-0.1, -0.05) is 30.2 Å². The molecule has 0 aliphatic heterocycles. The quantitative estimate of drug-likeness (QED) is 0.326. The van der Waals surface area contributed by atoms with Gasteiger partial charge in [0.2, 0.25) is 0 Å². The monoisotopic (exact) mass is 366 g/mol. The van der Waals surface area contributed by atoms with Crippen molar-refractivity contribution in [2.24, 2.45) is 47.3 Å². The molecule has 4 fully saturated rings. The van der Waals surface area contributed by atoms with Crippen molar-refractivity contribution in [1.82, 2.24) is 0 Å². The van der Waals surface area contributed by atoms with Gasteiger partial charge in [-0.15, -0.1) is 0 Å². The number of carbonyl (C=O) groups is 1. The fourth-order valence-corrected chi connectivity index (χ4v) is 8.45. The molecule has 0 radical (unpaired) electrons. The van der Waals surface area contributed by atoms with Crippen molar-refractivity contribution in [3.05, 3.63) is 23.3 Å². The van der Waals surface area contributed by atoms with Crippen LogP contribution in [0.4, 0.5) is 0 Å². The van der Waals surface area contributed by atoms with E-state index in [1.165, 1.54) is 64.2 Å². The highest BCUT2D eigenvalue weighted by atomic mass is 16.1. The van der Waals surface area contributed by atoms with Crippen molar-refractivity contribution in [1.29, 1.82) is 0 Å².